The summed E-state index contributed by atoms with van der Waals surface area (Å²) in [6.07, 6.45) is 0. The third-order valence-corrected chi connectivity index (χ3v) is 6.96. The second-order valence-corrected chi connectivity index (χ2v) is 12.4. The lowest BCUT2D eigenvalue weighted by Gasteiger charge is -2.15. The topological polar surface area (TPSA) is 97.4 Å². The summed E-state index contributed by atoms with van der Waals surface area (Å²) in [5.74, 6) is 0.925. The van der Waals surface area contributed by atoms with E-state index in [9.17, 15) is 13.2 Å². The Balaban J connectivity index is 0.00000100. The molecule has 0 bridgehead atoms. The molecule has 190 valence electrons. The van der Waals surface area contributed by atoms with Crippen molar-refractivity contribution in [1.29, 1.82) is 0 Å². The fraction of sp³-hybridized carbons (Fsp3) is 0.385. The number of aromatic nitrogens is 1. The van der Waals surface area contributed by atoms with Gasteiger partial charge < -0.3 is 10.1 Å². The minimum Gasteiger partial charge on any atom is -0.495 e. The molecule has 1 amide bonds. The summed E-state index contributed by atoms with van der Waals surface area (Å²) < 4.78 is 34.0. The van der Waals surface area contributed by atoms with Gasteiger partial charge in [0.1, 0.15) is 10.6 Å². The third kappa shape index (κ3) is 8.07. The Kier molecular flexibility index (Phi) is 9.45. The number of benzene rings is 2. The van der Waals surface area contributed by atoms with E-state index in [2.05, 4.69) is 35.8 Å². The van der Waals surface area contributed by atoms with Crippen molar-refractivity contribution < 1.29 is 17.9 Å². The van der Waals surface area contributed by atoms with Crippen molar-refractivity contribution in [3.63, 3.8) is 0 Å². The monoisotopic (exact) mass is 517 g/mol. The maximum atomic E-state index is 13.1. The number of nitrogens with zero attached hydrogens (tertiary/aromatic N) is 1. The van der Waals surface area contributed by atoms with Crippen molar-refractivity contribution in [1.82, 2.24) is 4.98 Å². The average Bonchev–Trinajstić information content (AvgIpc) is 3.12. The van der Waals surface area contributed by atoms with Gasteiger partial charge in [0.05, 0.1) is 17.7 Å². The fourth-order valence-electron chi connectivity index (χ4n) is 2.75. The number of carbonyl (C=O) groups excluding carboxylic acids is 1. The van der Waals surface area contributed by atoms with E-state index in [1.807, 2.05) is 33.8 Å². The molecular weight excluding hydrogens is 482 g/mol. The third-order valence-electron chi connectivity index (χ3n) is 4.44. The largest absolute Gasteiger partial charge is 0.495 e. The predicted octanol–water partition coefficient (Wildman–Crippen LogP) is 6.57. The number of rotatable bonds is 6. The van der Waals surface area contributed by atoms with Gasteiger partial charge in [-0.25, -0.2) is 13.4 Å². The average molecular weight is 518 g/mol. The van der Waals surface area contributed by atoms with Gasteiger partial charge in [-0.2, -0.15) is 0 Å². The number of aryl methyl sites for hydroxylation is 1. The van der Waals surface area contributed by atoms with Gasteiger partial charge in [0, 0.05) is 11.1 Å². The smallest absolute Gasteiger partial charge is 0.265 e. The first kappa shape index (κ1) is 28.3. The Bertz CT molecular complexity index is 1240. The molecule has 35 heavy (non-hydrogen) atoms. The summed E-state index contributed by atoms with van der Waals surface area (Å²) in [7, 11) is -2.47. The molecule has 0 spiro atoms. The molecule has 0 aliphatic carbocycles. The Labute approximate surface area is 213 Å². The number of methoxy groups -OCH3 is 1. The Morgan fingerprint density at radius 2 is 1.66 bits per heavy atom. The summed E-state index contributed by atoms with van der Waals surface area (Å²) in [5.41, 5.74) is 1.26. The molecular formula is C26H35N3O4S2. The number of anilines is 2. The van der Waals surface area contributed by atoms with Crippen LogP contribution in [0.25, 0.3) is 10.4 Å². The van der Waals surface area contributed by atoms with Crippen molar-refractivity contribution in [3.8, 4) is 16.2 Å². The predicted molar refractivity (Wildman–Crippen MR) is 145 cm³/mol. The summed E-state index contributed by atoms with van der Waals surface area (Å²) in [4.78, 5) is 17.5. The van der Waals surface area contributed by atoms with E-state index in [0.717, 1.165) is 10.8 Å². The number of nitrogens with one attached hydrogen (secondary N) is 2. The number of para-hydroxylation sites is 1. The highest BCUT2D eigenvalue weighted by Gasteiger charge is 2.24. The van der Waals surface area contributed by atoms with Gasteiger partial charge in [-0.1, -0.05) is 71.1 Å². The van der Waals surface area contributed by atoms with Gasteiger partial charge in [-0.15, -0.1) is 0 Å². The number of thiazole rings is 1. The Morgan fingerprint density at radius 1 is 1.06 bits per heavy atom. The molecule has 0 fully saturated rings. The summed E-state index contributed by atoms with van der Waals surface area (Å²) >= 11 is 1.29. The lowest BCUT2D eigenvalue weighted by molar-refractivity contribution is -0.123. The van der Waals surface area contributed by atoms with Crippen LogP contribution in [-0.2, 0) is 14.8 Å². The van der Waals surface area contributed by atoms with Crippen LogP contribution in [0.3, 0.4) is 0 Å². The highest BCUT2D eigenvalue weighted by molar-refractivity contribution is 7.92. The molecule has 2 aromatic carbocycles. The second-order valence-electron chi connectivity index (χ2n) is 9.71. The van der Waals surface area contributed by atoms with Crippen molar-refractivity contribution in [2.24, 2.45) is 11.3 Å². The molecule has 0 unspecified atom stereocenters. The Morgan fingerprint density at radius 3 is 2.20 bits per heavy atom. The minimum absolute atomic E-state index is 0.0180. The Hall–Kier alpha value is -2.91. The molecule has 1 aromatic heterocycles. The quantitative estimate of drug-likeness (QED) is 0.385. The summed E-state index contributed by atoms with van der Waals surface area (Å²) in [6, 6.07) is 13.6. The van der Waals surface area contributed by atoms with Crippen LogP contribution in [0, 0.1) is 18.3 Å². The molecule has 0 atom stereocenters. The van der Waals surface area contributed by atoms with Crippen LogP contribution >= 0.6 is 11.3 Å². The number of hydrogen-bond acceptors (Lipinski definition) is 6. The number of ether oxygens (including phenoxy) is 1. The number of amides is 1. The molecule has 0 radical (unpaired) electrons. The first-order chi connectivity index (χ1) is 16.2. The lowest BCUT2D eigenvalue weighted by atomic mass is 9.96. The SMILES string of the molecule is CC(C)C.COc1ccc(-c2sc(NC(=O)C(C)(C)C)nc2C)cc1S(=O)(=O)Nc1ccccc1. The highest BCUT2D eigenvalue weighted by Crippen LogP contribution is 2.37. The van der Waals surface area contributed by atoms with Crippen molar-refractivity contribution in [2.75, 3.05) is 17.1 Å². The first-order valence-corrected chi connectivity index (χ1v) is 13.6. The highest BCUT2D eigenvalue weighted by atomic mass is 32.2. The van der Waals surface area contributed by atoms with E-state index in [0.29, 0.717) is 22.1 Å². The number of hydrogen-bond donors (Lipinski definition) is 2. The zero-order chi connectivity index (χ0) is 26.4. The van der Waals surface area contributed by atoms with Crippen molar-refractivity contribution in [2.45, 2.75) is 53.4 Å². The second kappa shape index (κ2) is 11.7. The maximum absolute atomic E-state index is 13.1. The van der Waals surface area contributed by atoms with Crippen LogP contribution in [0.2, 0.25) is 0 Å². The van der Waals surface area contributed by atoms with Crippen LogP contribution in [-0.4, -0.2) is 26.4 Å². The number of carbonyl (C=O) groups is 1. The van der Waals surface area contributed by atoms with Crippen molar-refractivity contribution >= 4 is 38.1 Å². The van der Waals surface area contributed by atoms with Gasteiger partial charge in [-0.05, 0) is 48.7 Å². The molecule has 7 nitrogen and oxygen atoms in total. The minimum atomic E-state index is -3.89. The van der Waals surface area contributed by atoms with E-state index in [-0.39, 0.29) is 16.6 Å². The van der Waals surface area contributed by atoms with Crippen LogP contribution in [0.4, 0.5) is 10.8 Å². The maximum Gasteiger partial charge on any atom is 0.265 e. The molecule has 1 heterocycles. The molecule has 2 N–H and O–H groups in total. The number of sulfonamides is 1. The molecule has 9 heteroatoms. The molecule has 3 rings (SSSR count). The van der Waals surface area contributed by atoms with E-state index >= 15 is 0 Å². The lowest BCUT2D eigenvalue weighted by Crippen LogP contribution is -2.27. The first-order valence-electron chi connectivity index (χ1n) is 11.3. The van der Waals surface area contributed by atoms with Crippen LogP contribution in [0.15, 0.2) is 53.4 Å². The summed E-state index contributed by atoms with van der Waals surface area (Å²) in [6.45, 7) is 13.8. The van der Waals surface area contributed by atoms with Crippen molar-refractivity contribution in [3.05, 3.63) is 54.2 Å². The molecule has 3 aromatic rings. The van der Waals surface area contributed by atoms with Gasteiger partial charge >= 0.3 is 0 Å². The van der Waals surface area contributed by atoms with Crippen LogP contribution < -0.4 is 14.8 Å². The fourth-order valence-corrected chi connectivity index (χ4v) is 4.96. The zero-order valence-electron chi connectivity index (χ0n) is 21.6. The molecule has 0 aliphatic heterocycles. The van der Waals surface area contributed by atoms with E-state index in [1.165, 1.54) is 18.4 Å². The van der Waals surface area contributed by atoms with Gasteiger partial charge in [0.15, 0.2) is 5.13 Å². The van der Waals surface area contributed by atoms with Crippen LogP contribution in [0.1, 0.15) is 47.2 Å². The molecule has 0 aliphatic rings. The van der Waals surface area contributed by atoms with Gasteiger partial charge in [0.25, 0.3) is 10.0 Å². The van der Waals surface area contributed by atoms with E-state index in [4.69, 9.17) is 4.74 Å². The summed E-state index contributed by atoms with van der Waals surface area (Å²) in [5, 5.41) is 3.29. The standard InChI is InChI=1S/C22H25N3O4S2.C4H10/c1-14-19(30-21(23-14)24-20(26)22(2,3)4)15-11-12-17(29-5)18(13-15)31(27,28)25-16-9-7-6-8-10-16;1-4(2)3/h6-13,25H,1-5H3,(H,23,24,26);4H,1-3H3. The molecule has 0 saturated carbocycles. The molecule has 0 saturated heterocycles. The zero-order valence-corrected chi connectivity index (χ0v) is 23.2. The van der Waals surface area contributed by atoms with Crippen LogP contribution in [0.5, 0.6) is 5.75 Å². The van der Waals surface area contributed by atoms with Gasteiger partial charge in [0.2, 0.25) is 5.91 Å². The van der Waals surface area contributed by atoms with Gasteiger partial charge in [-0.3, -0.25) is 9.52 Å². The van der Waals surface area contributed by atoms with E-state index in [1.54, 1.807) is 42.5 Å². The normalized spacial score (nSPS) is 11.5. The van der Waals surface area contributed by atoms with E-state index < -0.39 is 15.4 Å².